The molecule has 65 heavy (non-hydrogen) atoms. The van der Waals surface area contributed by atoms with E-state index in [0.29, 0.717) is 11.8 Å². The second kappa shape index (κ2) is 20.7. The lowest BCUT2D eigenvalue weighted by Crippen LogP contribution is -2.31. The van der Waals surface area contributed by atoms with E-state index < -0.39 is 0 Å². The lowest BCUT2D eigenvalue weighted by atomic mass is 9.65. The van der Waals surface area contributed by atoms with E-state index in [2.05, 4.69) is 219 Å². The fourth-order valence-corrected chi connectivity index (χ4v) is 12.6. The summed E-state index contributed by atoms with van der Waals surface area (Å²) in [5.41, 5.74) is 13.2. The molecule has 2 nitrogen and oxygen atoms in total. The molecule has 0 saturated carbocycles. The van der Waals surface area contributed by atoms with Crippen molar-refractivity contribution >= 4 is 55.4 Å². The van der Waals surface area contributed by atoms with E-state index in [1.54, 1.807) is 11.1 Å². The zero-order chi connectivity index (χ0) is 44.6. The Morgan fingerprint density at radius 2 is 0.769 bits per heavy atom. The largest absolute Gasteiger partial charge is 0.302 e. The maximum Gasteiger partial charge on any atom is 0.101 e. The van der Waals surface area contributed by atoms with Crippen LogP contribution >= 0.6 is 22.7 Å². The summed E-state index contributed by atoms with van der Waals surface area (Å²) in [7, 11) is 0. The van der Waals surface area contributed by atoms with E-state index in [1.807, 2.05) is 22.7 Å². The fraction of sp³-hybridized carbons (Fsp3) is 0.279. The van der Waals surface area contributed by atoms with Crippen molar-refractivity contribution in [2.75, 3.05) is 9.80 Å². The van der Waals surface area contributed by atoms with Crippen LogP contribution in [-0.2, 0) is 5.41 Å². The molecule has 0 radical (unpaired) electrons. The van der Waals surface area contributed by atoms with Gasteiger partial charge in [-0.3, -0.25) is 0 Å². The number of hydrogen-bond acceptors (Lipinski definition) is 4. The van der Waals surface area contributed by atoms with Crippen LogP contribution in [0.1, 0.15) is 103 Å². The molecule has 6 aromatic carbocycles. The SMILES string of the molecule is CCCCC(CC)CC1(CC(CC)CCCC)c2cc(-c3ccc(N(c4ccccc4)c4ccccc4)s3)ccc2-c2ccc(-c3ccc(N(c4ccccc4)c4ccccc4)s3)cc21. The normalized spacial score (nSPS) is 13.5. The Bertz CT molecular complexity index is 2470. The van der Waals surface area contributed by atoms with Crippen LogP contribution in [0, 0.1) is 11.8 Å². The maximum absolute atomic E-state index is 2.64. The number of fused-ring (bicyclic) bond motifs is 3. The van der Waals surface area contributed by atoms with Crippen LogP contribution in [0.25, 0.3) is 32.0 Å². The molecule has 0 amide bonds. The van der Waals surface area contributed by atoms with Crippen LogP contribution < -0.4 is 9.80 Å². The molecule has 0 fully saturated rings. The van der Waals surface area contributed by atoms with Gasteiger partial charge in [-0.25, -0.2) is 0 Å². The lowest BCUT2D eigenvalue weighted by Gasteiger charge is -2.39. The van der Waals surface area contributed by atoms with Crippen molar-refractivity contribution in [1.29, 1.82) is 0 Å². The van der Waals surface area contributed by atoms with Crippen molar-refractivity contribution in [3.05, 3.63) is 193 Å². The third kappa shape index (κ3) is 9.40. The highest BCUT2D eigenvalue weighted by Gasteiger charge is 2.45. The van der Waals surface area contributed by atoms with Gasteiger partial charge < -0.3 is 9.80 Å². The summed E-state index contributed by atoms with van der Waals surface area (Å²) in [5.74, 6) is 1.31. The van der Waals surface area contributed by atoms with Crippen molar-refractivity contribution in [3.63, 3.8) is 0 Å². The Labute approximate surface area is 397 Å². The molecule has 0 aliphatic heterocycles. The van der Waals surface area contributed by atoms with Gasteiger partial charge in [0.1, 0.15) is 10.0 Å². The maximum atomic E-state index is 2.64. The third-order valence-electron chi connectivity index (χ3n) is 14.0. The molecular weight excluding hydrogens is 825 g/mol. The van der Waals surface area contributed by atoms with Gasteiger partial charge in [0, 0.05) is 37.9 Å². The predicted octanol–water partition coefficient (Wildman–Crippen LogP) is 19.6. The summed E-state index contributed by atoms with van der Waals surface area (Å²) in [4.78, 5) is 7.43. The van der Waals surface area contributed by atoms with Crippen LogP contribution in [0.15, 0.2) is 182 Å². The van der Waals surface area contributed by atoms with Crippen molar-refractivity contribution in [2.24, 2.45) is 11.8 Å². The standard InChI is InChI=1S/C61H64N2S2/c1-5-9-23-45(7-3)43-61(44-46(8-4)24-10-6-2)55-41-47(57-37-39-59(64-57)62(49-25-15-11-16-26-49)50-27-17-12-18-28-50)33-35-53(55)54-36-34-48(42-56(54)61)58-38-40-60(65-58)63(51-29-19-13-20-30-51)52-31-21-14-22-32-52/h11-22,25-42,45-46H,5-10,23-24,43-44H2,1-4H3. The topological polar surface area (TPSA) is 6.48 Å². The molecular formula is C61H64N2S2. The van der Waals surface area contributed by atoms with Crippen molar-refractivity contribution in [2.45, 2.75) is 97.3 Å². The summed E-state index contributed by atoms with van der Waals surface area (Å²) in [6.45, 7) is 9.61. The van der Waals surface area contributed by atoms with Crippen molar-refractivity contribution in [1.82, 2.24) is 0 Å². The highest BCUT2D eigenvalue weighted by Crippen LogP contribution is 2.58. The molecule has 9 rings (SSSR count). The van der Waals surface area contributed by atoms with Gasteiger partial charge in [-0.15, -0.1) is 22.7 Å². The zero-order valence-electron chi connectivity index (χ0n) is 38.8. The van der Waals surface area contributed by atoms with Crippen molar-refractivity contribution in [3.8, 4) is 32.0 Å². The fourth-order valence-electron chi connectivity index (χ4n) is 10.5. The van der Waals surface area contributed by atoms with E-state index in [9.17, 15) is 0 Å². The van der Waals surface area contributed by atoms with Crippen LogP contribution in [0.5, 0.6) is 0 Å². The Balaban J connectivity index is 1.17. The van der Waals surface area contributed by atoms with E-state index in [1.165, 1.54) is 129 Å². The highest BCUT2D eigenvalue weighted by atomic mass is 32.1. The monoisotopic (exact) mass is 888 g/mol. The summed E-state index contributed by atoms with van der Waals surface area (Å²) in [6, 6.07) is 67.7. The predicted molar refractivity (Wildman–Crippen MR) is 284 cm³/mol. The van der Waals surface area contributed by atoms with Gasteiger partial charge in [0.05, 0.1) is 0 Å². The number of nitrogens with zero attached hydrogens (tertiary/aromatic N) is 2. The van der Waals surface area contributed by atoms with Gasteiger partial charge in [-0.05, 0) is 143 Å². The number of benzene rings is 6. The number of anilines is 6. The minimum absolute atomic E-state index is 0.0834. The molecule has 0 saturated heterocycles. The second-order valence-corrected chi connectivity index (χ2v) is 20.3. The second-order valence-electron chi connectivity index (χ2n) is 18.1. The first kappa shape index (κ1) is 44.5. The molecule has 2 heterocycles. The summed E-state index contributed by atoms with van der Waals surface area (Å²) in [5, 5.41) is 2.45. The number of hydrogen-bond donors (Lipinski definition) is 0. The zero-order valence-corrected chi connectivity index (χ0v) is 40.4. The quantitative estimate of drug-likeness (QED) is 0.0752. The number of para-hydroxylation sites is 4. The molecule has 8 aromatic rings. The van der Waals surface area contributed by atoms with Crippen LogP contribution in [0.4, 0.5) is 32.8 Å². The summed E-state index contributed by atoms with van der Waals surface area (Å²) < 4.78 is 0. The average Bonchev–Trinajstić information content (AvgIpc) is 4.11. The van der Waals surface area contributed by atoms with Crippen LogP contribution in [0.3, 0.4) is 0 Å². The first-order chi connectivity index (χ1) is 32.0. The molecule has 0 spiro atoms. The first-order valence-corrected chi connectivity index (χ1v) is 26.0. The number of unbranched alkanes of at least 4 members (excludes halogenated alkanes) is 2. The Morgan fingerprint density at radius 1 is 0.415 bits per heavy atom. The van der Waals surface area contributed by atoms with Gasteiger partial charge in [0.15, 0.2) is 0 Å². The molecule has 0 N–H and O–H groups in total. The number of thiophene rings is 2. The number of rotatable bonds is 20. The van der Waals surface area contributed by atoms with Crippen LogP contribution in [-0.4, -0.2) is 0 Å². The molecule has 2 unspecified atom stereocenters. The van der Waals surface area contributed by atoms with E-state index >= 15 is 0 Å². The van der Waals surface area contributed by atoms with Crippen molar-refractivity contribution < 1.29 is 0 Å². The van der Waals surface area contributed by atoms with Gasteiger partial charge in [-0.1, -0.05) is 176 Å². The lowest BCUT2D eigenvalue weighted by molar-refractivity contribution is 0.266. The molecule has 330 valence electrons. The van der Waals surface area contributed by atoms with Gasteiger partial charge in [-0.2, -0.15) is 0 Å². The highest BCUT2D eigenvalue weighted by molar-refractivity contribution is 7.20. The Hall–Kier alpha value is -5.68. The van der Waals surface area contributed by atoms with E-state index in [4.69, 9.17) is 0 Å². The van der Waals surface area contributed by atoms with E-state index in [0.717, 1.165) is 0 Å². The van der Waals surface area contributed by atoms with Gasteiger partial charge >= 0.3 is 0 Å². The first-order valence-electron chi connectivity index (χ1n) is 24.3. The van der Waals surface area contributed by atoms with Crippen LogP contribution in [0.2, 0.25) is 0 Å². The molecule has 2 atom stereocenters. The van der Waals surface area contributed by atoms with E-state index in [-0.39, 0.29) is 5.41 Å². The van der Waals surface area contributed by atoms with Gasteiger partial charge in [0.2, 0.25) is 0 Å². The summed E-state index contributed by atoms with van der Waals surface area (Å²) in [6.07, 6.45) is 12.4. The average molecular weight is 889 g/mol. The van der Waals surface area contributed by atoms with Gasteiger partial charge in [0.25, 0.3) is 0 Å². The minimum atomic E-state index is -0.0834. The third-order valence-corrected chi connectivity index (χ3v) is 16.2. The summed E-state index contributed by atoms with van der Waals surface area (Å²) >= 11 is 3.79. The Kier molecular flexibility index (Phi) is 14.1. The minimum Gasteiger partial charge on any atom is -0.302 e. The molecule has 4 heteroatoms. The molecule has 1 aliphatic carbocycles. The molecule has 0 bridgehead atoms. The molecule has 2 aromatic heterocycles. The molecule has 1 aliphatic rings. The smallest absolute Gasteiger partial charge is 0.101 e. The Morgan fingerprint density at radius 3 is 1.09 bits per heavy atom.